The molecule has 2 aliphatic carbocycles. The van der Waals surface area contributed by atoms with E-state index in [0.717, 1.165) is 25.0 Å². The summed E-state index contributed by atoms with van der Waals surface area (Å²) in [7, 11) is 1.69. The van der Waals surface area contributed by atoms with Gasteiger partial charge in [0.2, 0.25) is 5.91 Å². The van der Waals surface area contributed by atoms with Gasteiger partial charge in [0.1, 0.15) is 11.5 Å². The third kappa shape index (κ3) is 2.04. The molecule has 0 spiro atoms. The van der Waals surface area contributed by atoms with Gasteiger partial charge in [-0.2, -0.15) is 0 Å². The molecule has 1 heterocycles. The topological polar surface area (TPSA) is 46.6 Å². The quantitative estimate of drug-likeness (QED) is 0.796. The number of ketones is 1. The van der Waals surface area contributed by atoms with Crippen molar-refractivity contribution < 1.29 is 14.3 Å². The van der Waals surface area contributed by atoms with Crippen LogP contribution in [-0.2, 0) is 16.0 Å². The normalized spacial score (nSPS) is 34.4. The SMILES string of the molecule is COc1ccc2c(c1)CCC1C2N(C(C)=O)CC2(C)C(=O)CCC12. The van der Waals surface area contributed by atoms with Gasteiger partial charge in [-0.25, -0.2) is 0 Å². The number of ether oxygens (including phenoxy) is 1. The maximum atomic E-state index is 12.5. The molecule has 4 heteroatoms. The van der Waals surface area contributed by atoms with E-state index in [0.29, 0.717) is 30.6 Å². The summed E-state index contributed by atoms with van der Waals surface area (Å²) in [4.78, 5) is 26.9. The van der Waals surface area contributed by atoms with Crippen LogP contribution in [0.15, 0.2) is 18.2 Å². The number of rotatable bonds is 1. The van der Waals surface area contributed by atoms with Crippen LogP contribution in [0.5, 0.6) is 5.75 Å². The molecule has 3 aliphatic rings. The van der Waals surface area contributed by atoms with Crippen molar-refractivity contribution in [1.82, 2.24) is 4.90 Å². The molecule has 4 atom stereocenters. The largest absolute Gasteiger partial charge is 0.497 e. The fourth-order valence-electron chi connectivity index (χ4n) is 5.49. The zero-order valence-electron chi connectivity index (χ0n) is 14.7. The number of hydrogen-bond donors (Lipinski definition) is 0. The smallest absolute Gasteiger partial charge is 0.219 e. The Labute approximate surface area is 143 Å². The van der Waals surface area contributed by atoms with Gasteiger partial charge in [-0.3, -0.25) is 9.59 Å². The second-order valence-corrected chi connectivity index (χ2v) is 7.84. The molecule has 1 saturated carbocycles. The summed E-state index contributed by atoms with van der Waals surface area (Å²) >= 11 is 0. The lowest BCUT2D eigenvalue weighted by atomic mass is 9.61. The van der Waals surface area contributed by atoms with Crippen molar-refractivity contribution in [2.45, 2.75) is 45.6 Å². The van der Waals surface area contributed by atoms with Crippen LogP contribution in [0.25, 0.3) is 0 Å². The van der Waals surface area contributed by atoms with Gasteiger partial charge < -0.3 is 9.64 Å². The number of benzene rings is 1. The number of likely N-dealkylation sites (tertiary alicyclic amines) is 1. The van der Waals surface area contributed by atoms with Gasteiger partial charge in [0.25, 0.3) is 0 Å². The molecule has 1 aromatic carbocycles. The number of fused-ring (bicyclic) bond motifs is 5. The van der Waals surface area contributed by atoms with E-state index in [1.54, 1.807) is 14.0 Å². The van der Waals surface area contributed by atoms with Crippen molar-refractivity contribution in [3.05, 3.63) is 29.3 Å². The first-order valence-corrected chi connectivity index (χ1v) is 8.93. The van der Waals surface area contributed by atoms with Gasteiger partial charge in [0.05, 0.1) is 13.2 Å². The van der Waals surface area contributed by atoms with Crippen molar-refractivity contribution in [2.75, 3.05) is 13.7 Å². The van der Waals surface area contributed by atoms with E-state index in [1.165, 1.54) is 11.1 Å². The predicted molar refractivity (Wildman–Crippen MR) is 90.8 cm³/mol. The van der Waals surface area contributed by atoms with Crippen LogP contribution in [0.4, 0.5) is 0 Å². The van der Waals surface area contributed by atoms with Crippen LogP contribution in [-0.4, -0.2) is 30.2 Å². The average Bonchev–Trinajstić information content (AvgIpc) is 2.88. The summed E-state index contributed by atoms with van der Waals surface area (Å²) < 4.78 is 5.36. The molecule has 4 unspecified atom stereocenters. The van der Waals surface area contributed by atoms with Crippen LogP contribution in [0.1, 0.15) is 50.3 Å². The molecule has 0 bridgehead atoms. The number of hydrogen-bond acceptors (Lipinski definition) is 3. The Kier molecular flexibility index (Phi) is 3.48. The fraction of sp³-hybridized carbons (Fsp3) is 0.600. The van der Waals surface area contributed by atoms with Crippen LogP contribution in [0.2, 0.25) is 0 Å². The van der Waals surface area contributed by atoms with E-state index in [9.17, 15) is 9.59 Å². The lowest BCUT2D eigenvalue weighted by molar-refractivity contribution is -0.147. The molecule has 1 saturated heterocycles. The van der Waals surface area contributed by atoms with Crippen molar-refractivity contribution in [3.8, 4) is 5.75 Å². The Bertz CT molecular complexity index is 713. The zero-order chi connectivity index (χ0) is 17.1. The molecular formula is C20H25NO3. The number of methoxy groups -OCH3 is 1. The van der Waals surface area contributed by atoms with Gasteiger partial charge in [0.15, 0.2) is 0 Å². The standard InChI is InChI=1S/C20H25NO3/c1-12(22)21-11-20(2)17(8-9-18(20)23)16-6-4-13-10-14(24-3)5-7-15(13)19(16)21/h5,7,10,16-17,19H,4,6,8-9,11H2,1-3H3. The van der Waals surface area contributed by atoms with Gasteiger partial charge in [-0.1, -0.05) is 13.0 Å². The minimum atomic E-state index is -0.350. The summed E-state index contributed by atoms with van der Waals surface area (Å²) in [5.74, 6) is 2.09. The van der Waals surface area contributed by atoms with Gasteiger partial charge in [0, 0.05) is 25.3 Å². The zero-order valence-corrected chi connectivity index (χ0v) is 14.7. The lowest BCUT2D eigenvalue weighted by Crippen LogP contribution is -2.56. The molecule has 4 nitrogen and oxygen atoms in total. The lowest BCUT2D eigenvalue weighted by Gasteiger charge is -2.53. The third-order valence-electron chi connectivity index (χ3n) is 6.71. The molecule has 24 heavy (non-hydrogen) atoms. The number of aryl methyl sites for hydroxylation is 1. The highest BCUT2D eigenvalue weighted by molar-refractivity contribution is 5.88. The first-order chi connectivity index (χ1) is 11.5. The number of Topliss-reactive ketones (excluding diaryl/α,β-unsaturated/α-hetero) is 1. The maximum absolute atomic E-state index is 12.5. The summed E-state index contributed by atoms with van der Waals surface area (Å²) in [6.45, 7) is 4.29. The Hall–Kier alpha value is -1.84. The summed E-state index contributed by atoms with van der Waals surface area (Å²) in [5.41, 5.74) is 2.19. The monoisotopic (exact) mass is 327 g/mol. The number of nitrogens with zero attached hydrogens (tertiary/aromatic N) is 1. The minimum Gasteiger partial charge on any atom is -0.497 e. The Morgan fingerprint density at radius 1 is 1.29 bits per heavy atom. The molecule has 0 N–H and O–H groups in total. The predicted octanol–water partition coefficient (Wildman–Crippen LogP) is 3.15. The molecule has 1 amide bonds. The third-order valence-corrected chi connectivity index (χ3v) is 6.71. The van der Waals surface area contributed by atoms with E-state index in [1.807, 2.05) is 11.0 Å². The minimum absolute atomic E-state index is 0.0769. The fourth-order valence-corrected chi connectivity index (χ4v) is 5.49. The molecular weight excluding hydrogens is 302 g/mol. The van der Waals surface area contributed by atoms with Gasteiger partial charge in [-0.05, 0) is 54.4 Å². The van der Waals surface area contributed by atoms with Crippen molar-refractivity contribution in [1.29, 1.82) is 0 Å². The van der Waals surface area contributed by atoms with Crippen LogP contribution >= 0.6 is 0 Å². The summed E-state index contributed by atoms with van der Waals surface area (Å²) in [6.07, 6.45) is 3.70. The highest BCUT2D eigenvalue weighted by Crippen LogP contribution is 2.57. The molecule has 4 rings (SSSR count). The molecule has 128 valence electrons. The Balaban J connectivity index is 1.81. The van der Waals surface area contributed by atoms with E-state index in [2.05, 4.69) is 19.1 Å². The van der Waals surface area contributed by atoms with Crippen LogP contribution in [0, 0.1) is 17.3 Å². The maximum Gasteiger partial charge on any atom is 0.219 e. The van der Waals surface area contributed by atoms with Crippen LogP contribution in [0.3, 0.4) is 0 Å². The van der Waals surface area contributed by atoms with E-state index < -0.39 is 0 Å². The van der Waals surface area contributed by atoms with E-state index in [4.69, 9.17) is 4.74 Å². The van der Waals surface area contributed by atoms with E-state index >= 15 is 0 Å². The second-order valence-electron chi connectivity index (χ2n) is 7.84. The van der Waals surface area contributed by atoms with Gasteiger partial charge in [-0.15, -0.1) is 0 Å². The van der Waals surface area contributed by atoms with Gasteiger partial charge >= 0.3 is 0 Å². The van der Waals surface area contributed by atoms with Crippen molar-refractivity contribution in [3.63, 3.8) is 0 Å². The number of carbonyl (C=O) groups excluding carboxylic acids is 2. The Morgan fingerprint density at radius 3 is 2.79 bits per heavy atom. The highest BCUT2D eigenvalue weighted by Gasteiger charge is 2.57. The Morgan fingerprint density at radius 2 is 2.08 bits per heavy atom. The number of piperidine rings is 1. The number of amides is 1. The molecule has 1 aromatic rings. The first kappa shape index (κ1) is 15.7. The molecule has 1 aliphatic heterocycles. The summed E-state index contributed by atoms with van der Waals surface area (Å²) in [6, 6.07) is 6.34. The summed E-state index contributed by atoms with van der Waals surface area (Å²) in [5, 5.41) is 0. The first-order valence-electron chi connectivity index (χ1n) is 8.93. The van der Waals surface area contributed by atoms with E-state index in [-0.39, 0.29) is 17.4 Å². The molecule has 2 fully saturated rings. The van der Waals surface area contributed by atoms with Crippen molar-refractivity contribution in [2.24, 2.45) is 17.3 Å². The second kappa shape index (κ2) is 5.33. The number of carbonyl (C=O) groups is 2. The van der Waals surface area contributed by atoms with Crippen LogP contribution < -0.4 is 4.74 Å². The highest BCUT2D eigenvalue weighted by atomic mass is 16.5. The van der Waals surface area contributed by atoms with Crippen molar-refractivity contribution >= 4 is 11.7 Å². The average molecular weight is 327 g/mol. The molecule has 0 aromatic heterocycles. The molecule has 0 radical (unpaired) electrons.